The van der Waals surface area contributed by atoms with Crippen molar-refractivity contribution in [1.29, 1.82) is 0 Å². The van der Waals surface area contributed by atoms with Crippen molar-refractivity contribution in [2.24, 2.45) is 0 Å². The number of fused-ring (bicyclic) bond motifs is 1. The fourth-order valence-electron chi connectivity index (χ4n) is 5.09. The maximum Gasteiger partial charge on any atom is 0.317 e. The number of nitrogens with one attached hydrogen (secondary N) is 2. The van der Waals surface area contributed by atoms with Crippen LogP contribution in [-0.4, -0.2) is 64.9 Å². The Morgan fingerprint density at radius 1 is 1.05 bits per heavy atom. The van der Waals surface area contributed by atoms with E-state index in [1.807, 2.05) is 42.3 Å². The minimum Gasteiger partial charge on any atom is -0.497 e. The molecule has 2 aromatic carbocycles. The van der Waals surface area contributed by atoms with E-state index in [9.17, 15) is 9.59 Å². The highest BCUT2D eigenvalue weighted by atomic mass is 35.5. The molecule has 40 heavy (non-hydrogen) atoms. The summed E-state index contributed by atoms with van der Waals surface area (Å²) < 4.78 is 7.01. The molecule has 2 aliphatic rings. The second-order valence-electron chi connectivity index (χ2n) is 9.81. The number of nitrogens with zero attached hydrogens (tertiary/aromatic N) is 4. The molecule has 1 saturated heterocycles. The van der Waals surface area contributed by atoms with Crippen molar-refractivity contribution in [2.45, 2.75) is 32.7 Å². The van der Waals surface area contributed by atoms with E-state index >= 15 is 0 Å². The molecule has 0 radical (unpaired) electrons. The third kappa shape index (κ3) is 5.96. The van der Waals surface area contributed by atoms with Crippen molar-refractivity contribution in [3.05, 3.63) is 75.0 Å². The largest absolute Gasteiger partial charge is 0.497 e. The number of methoxy groups -OCH3 is 1. The van der Waals surface area contributed by atoms with Crippen molar-refractivity contribution in [3.63, 3.8) is 0 Å². The highest BCUT2D eigenvalue weighted by Gasteiger charge is 2.34. The minimum absolute atomic E-state index is 0.214. The molecule has 3 aromatic rings. The zero-order chi connectivity index (χ0) is 28.2. The van der Waals surface area contributed by atoms with Gasteiger partial charge in [-0.2, -0.15) is 5.10 Å². The fourth-order valence-corrected chi connectivity index (χ4v) is 5.58. The smallest absolute Gasteiger partial charge is 0.317 e. The zero-order valence-corrected chi connectivity index (χ0v) is 24.1. The molecule has 2 aliphatic heterocycles. The maximum atomic E-state index is 13.7. The first-order chi connectivity index (χ1) is 19.4. The molecule has 1 fully saturated rings. The van der Waals surface area contributed by atoms with Crippen LogP contribution in [0.1, 0.15) is 53.5 Å². The molecule has 1 aromatic heterocycles. The average molecular weight is 584 g/mol. The van der Waals surface area contributed by atoms with Crippen LogP contribution in [0.5, 0.6) is 5.75 Å². The monoisotopic (exact) mass is 582 g/mol. The summed E-state index contributed by atoms with van der Waals surface area (Å²) in [5.74, 6) is 0.425. The molecule has 0 saturated carbocycles. The van der Waals surface area contributed by atoms with Crippen molar-refractivity contribution in [1.82, 2.24) is 30.4 Å². The van der Waals surface area contributed by atoms with Gasteiger partial charge in [0.15, 0.2) is 5.69 Å². The van der Waals surface area contributed by atoms with Crippen molar-refractivity contribution >= 4 is 46.8 Å². The highest BCUT2D eigenvalue weighted by Crippen LogP contribution is 2.36. The molecular formula is C29H32Cl2N6O3. The van der Waals surface area contributed by atoms with Crippen LogP contribution in [0.15, 0.2) is 42.5 Å². The van der Waals surface area contributed by atoms with E-state index in [-0.39, 0.29) is 24.2 Å². The van der Waals surface area contributed by atoms with Crippen LogP contribution < -0.4 is 15.5 Å². The summed E-state index contributed by atoms with van der Waals surface area (Å²) in [6.45, 7) is 4.46. The van der Waals surface area contributed by atoms with Gasteiger partial charge in [0, 0.05) is 36.8 Å². The van der Waals surface area contributed by atoms with Gasteiger partial charge in [0.1, 0.15) is 5.75 Å². The SMILES string of the molecule is CCNC(=O)N1C/C(=C\c2ccc(OC)cc2)c2c(c(C(=O)NN3CCCCC3)nn2-c2ccc(Cl)cc2Cl)C1. The molecule has 0 aliphatic carbocycles. The summed E-state index contributed by atoms with van der Waals surface area (Å²) in [6.07, 6.45) is 5.18. The van der Waals surface area contributed by atoms with Crippen molar-refractivity contribution < 1.29 is 14.3 Å². The Labute approximate surface area is 243 Å². The summed E-state index contributed by atoms with van der Waals surface area (Å²) in [5.41, 5.74) is 6.97. The predicted molar refractivity (Wildman–Crippen MR) is 157 cm³/mol. The average Bonchev–Trinajstić information content (AvgIpc) is 3.34. The summed E-state index contributed by atoms with van der Waals surface area (Å²) in [5, 5.41) is 10.5. The number of hydrogen-bond acceptors (Lipinski definition) is 5. The Kier molecular flexibility index (Phi) is 8.63. The molecule has 11 heteroatoms. The summed E-state index contributed by atoms with van der Waals surface area (Å²) in [6, 6.07) is 12.6. The molecule has 3 amide bonds. The number of aromatic nitrogens is 2. The van der Waals surface area contributed by atoms with E-state index in [1.165, 1.54) is 0 Å². The number of piperidine rings is 1. The fraction of sp³-hybridized carbons (Fsp3) is 0.345. The molecule has 3 heterocycles. The van der Waals surface area contributed by atoms with Gasteiger partial charge in [-0.05, 0) is 67.3 Å². The van der Waals surface area contributed by atoms with Crippen LogP contribution in [0.4, 0.5) is 4.79 Å². The Morgan fingerprint density at radius 2 is 1.80 bits per heavy atom. The van der Waals surface area contributed by atoms with E-state index in [2.05, 4.69) is 10.7 Å². The lowest BCUT2D eigenvalue weighted by atomic mass is 9.97. The first kappa shape index (κ1) is 28.0. The molecular weight excluding hydrogens is 551 g/mol. The molecule has 5 rings (SSSR count). The Hall–Kier alpha value is -3.53. The van der Waals surface area contributed by atoms with E-state index in [4.69, 9.17) is 33.0 Å². The number of benzene rings is 2. The molecule has 9 nitrogen and oxygen atoms in total. The molecule has 2 N–H and O–H groups in total. The Morgan fingerprint density at radius 3 is 2.48 bits per heavy atom. The topological polar surface area (TPSA) is 91.7 Å². The van der Waals surface area contributed by atoms with Crippen molar-refractivity contribution in [3.8, 4) is 11.4 Å². The van der Waals surface area contributed by atoms with Gasteiger partial charge in [0.2, 0.25) is 0 Å². The van der Waals surface area contributed by atoms with E-state index in [0.717, 1.165) is 54.9 Å². The lowest BCUT2D eigenvalue weighted by molar-refractivity contribution is 0.0742. The molecule has 0 bridgehead atoms. The lowest BCUT2D eigenvalue weighted by Crippen LogP contribution is -2.46. The number of urea groups is 1. The van der Waals surface area contributed by atoms with Gasteiger partial charge in [-0.25, -0.2) is 14.5 Å². The van der Waals surface area contributed by atoms with Crippen LogP contribution in [0.25, 0.3) is 17.3 Å². The second-order valence-corrected chi connectivity index (χ2v) is 10.6. The van der Waals surface area contributed by atoms with Crippen LogP contribution in [0.3, 0.4) is 0 Å². The standard InChI is InChI=1S/C29H32Cl2N6O3/c1-3-32-29(39)35-17-20(15-19-7-10-22(40-2)11-8-19)27-23(18-35)26(28(38)34-36-13-5-4-6-14-36)33-37(27)25-12-9-21(30)16-24(25)31/h7-12,15-16H,3-6,13-14,17-18H2,1-2H3,(H,32,39)(H,34,38)/b20-15+. The number of amides is 3. The van der Waals surface area contributed by atoms with Gasteiger partial charge < -0.3 is 15.0 Å². The van der Waals surface area contributed by atoms with E-state index in [1.54, 1.807) is 34.9 Å². The summed E-state index contributed by atoms with van der Waals surface area (Å²) in [7, 11) is 1.62. The summed E-state index contributed by atoms with van der Waals surface area (Å²) >= 11 is 12.9. The van der Waals surface area contributed by atoms with Crippen LogP contribution in [0.2, 0.25) is 10.0 Å². The number of ether oxygens (including phenoxy) is 1. The minimum atomic E-state index is -0.316. The molecule has 0 atom stereocenters. The maximum absolute atomic E-state index is 13.7. The predicted octanol–water partition coefficient (Wildman–Crippen LogP) is 5.40. The number of rotatable bonds is 6. The molecule has 210 valence electrons. The third-order valence-corrected chi connectivity index (χ3v) is 7.58. The molecule has 0 spiro atoms. The third-order valence-electron chi connectivity index (χ3n) is 7.04. The Balaban J connectivity index is 1.66. The highest BCUT2D eigenvalue weighted by molar-refractivity contribution is 6.35. The van der Waals surface area contributed by atoms with E-state index in [0.29, 0.717) is 34.4 Å². The van der Waals surface area contributed by atoms with Gasteiger partial charge in [-0.15, -0.1) is 0 Å². The first-order valence-electron chi connectivity index (χ1n) is 13.4. The second kappa shape index (κ2) is 12.3. The first-order valence-corrected chi connectivity index (χ1v) is 14.1. The number of hydrazine groups is 1. The van der Waals surface area contributed by atoms with Crippen molar-refractivity contribution in [2.75, 3.05) is 33.3 Å². The molecule has 0 unspecified atom stereocenters. The van der Waals surface area contributed by atoms with Gasteiger partial charge in [-0.1, -0.05) is 41.8 Å². The quantitative estimate of drug-likeness (QED) is 0.406. The van der Waals surface area contributed by atoms with Gasteiger partial charge in [-0.3, -0.25) is 10.2 Å². The van der Waals surface area contributed by atoms with Crippen LogP contribution in [0, 0.1) is 0 Å². The van der Waals surface area contributed by atoms with Crippen LogP contribution >= 0.6 is 23.2 Å². The van der Waals surface area contributed by atoms with Gasteiger partial charge >= 0.3 is 6.03 Å². The number of halogens is 2. The Bertz CT molecular complexity index is 1430. The number of hydrogen-bond donors (Lipinski definition) is 2. The van der Waals surface area contributed by atoms with E-state index < -0.39 is 0 Å². The zero-order valence-electron chi connectivity index (χ0n) is 22.5. The van der Waals surface area contributed by atoms with Gasteiger partial charge in [0.05, 0.1) is 30.1 Å². The number of carbonyl (C=O) groups is 2. The van der Waals surface area contributed by atoms with Crippen LogP contribution in [-0.2, 0) is 6.54 Å². The number of carbonyl (C=O) groups excluding carboxylic acids is 2. The normalized spacial score (nSPS) is 16.5. The lowest BCUT2D eigenvalue weighted by Gasteiger charge is -2.30. The van der Waals surface area contributed by atoms with Gasteiger partial charge in [0.25, 0.3) is 5.91 Å². The summed E-state index contributed by atoms with van der Waals surface area (Å²) in [4.78, 5) is 28.4.